The monoisotopic (exact) mass is 240 g/mol. The molecule has 0 aliphatic carbocycles. The molecule has 0 radical (unpaired) electrons. The Kier molecular flexibility index (Phi) is 4.16. The van der Waals surface area contributed by atoms with Crippen molar-refractivity contribution in [2.75, 3.05) is 0 Å². The first-order valence-corrected chi connectivity index (χ1v) is 5.28. The standard InChI is InChI=1S/C11H13BrO/c1-2-3-10(8-13)9-4-6-11(12)7-5-9/h4-8,10H,2-3H2,1H3. The Morgan fingerprint density at radius 3 is 2.46 bits per heavy atom. The Morgan fingerprint density at radius 1 is 1.38 bits per heavy atom. The molecule has 1 rings (SSSR count). The fraction of sp³-hybridized carbons (Fsp3) is 0.364. The molecule has 0 fully saturated rings. The molecule has 0 saturated heterocycles. The van der Waals surface area contributed by atoms with Gasteiger partial charge in [0.05, 0.1) is 0 Å². The molecule has 1 aromatic rings. The van der Waals surface area contributed by atoms with E-state index >= 15 is 0 Å². The first-order chi connectivity index (χ1) is 6.27. The second kappa shape index (κ2) is 5.18. The van der Waals surface area contributed by atoms with Gasteiger partial charge in [-0.05, 0) is 24.1 Å². The fourth-order valence-electron chi connectivity index (χ4n) is 1.33. The van der Waals surface area contributed by atoms with Crippen LogP contribution >= 0.6 is 15.9 Å². The van der Waals surface area contributed by atoms with E-state index in [4.69, 9.17) is 0 Å². The third-order valence-electron chi connectivity index (χ3n) is 2.06. The third-order valence-corrected chi connectivity index (χ3v) is 2.59. The molecule has 0 aliphatic heterocycles. The maximum Gasteiger partial charge on any atom is 0.127 e. The average Bonchev–Trinajstić information content (AvgIpc) is 2.16. The van der Waals surface area contributed by atoms with Crippen molar-refractivity contribution < 1.29 is 4.79 Å². The number of hydrogen-bond donors (Lipinski definition) is 0. The minimum Gasteiger partial charge on any atom is -0.303 e. The Morgan fingerprint density at radius 2 is 2.00 bits per heavy atom. The largest absolute Gasteiger partial charge is 0.303 e. The molecule has 70 valence electrons. The molecule has 0 amide bonds. The van der Waals surface area contributed by atoms with Gasteiger partial charge in [0.2, 0.25) is 0 Å². The number of hydrogen-bond acceptors (Lipinski definition) is 1. The van der Waals surface area contributed by atoms with Crippen molar-refractivity contribution in [2.45, 2.75) is 25.7 Å². The van der Waals surface area contributed by atoms with Crippen molar-refractivity contribution in [3.63, 3.8) is 0 Å². The Hall–Kier alpha value is -0.630. The van der Waals surface area contributed by atoms with E-state index in [1.165, 1.54) is 0 Å². The van der Waals surface area contributed by atoms with Crippen LogP contribution in [0.4, 0.5) is 0 Å². The highest BCUT2D eigenvalue weighted by Gasteiger charge is 2.07. The molecule has 0 N–H and O–H groups in total. The van der Waals surface area contributed by atoms with Gasteiger partial charge in [0.1, 0.15) is 6.29 Å². The average molecular weight is 241 g/mol. The summed E-state index contributed by atoms with van der Waals surface area (Å²) in [7, 11) is 0. The number of aldehydes is 1. The van der Waals surface area contributed by atoms with E-state index in [0.29, 0.717) is 0 Å². The smallest absolute Gasteiger partial charge is 0.127 e. The molecule has 1 nitrogen and oxygen atoms in total. The highest BCUT2D eigenvalue weighted by Crippen LogP contribution is 2.20. The van der Waals surface area contributed by atoms with Gasteiger partial charge in [0.15, 0.2) is 0 Å². The zero-order chi connectivity index (χ0) is 9.68. The molecule has 0 saturated carbocycles. The second-order valence-corrected chi connectivity index (χ2v) is 4.00. The lowest BCUT2D eigenvalue weighted by atomic mass is 9.96. The van der Waals surface area contributed by atoms with Gasteiger partial charge in [-0.15, -0.1) is 0 Å². The summed E-state index contributed by atoms with van der Waals surface area (Å²) in [6, 6.07) is 7.95. The van der Waals surface area contributed by atoms with E-state index in [1.54, 1.807) is 0 Å². The lowest BCUT2D eigenvalue weighted by molar-refractivity contribution is -0.109. The van der Waals surface area contributed by atoms with Gasteiger partial charge < -0.3 is 4.79 Å². The van der Waals surface area contributed by atoms with Crippen molar-refractivity contribution in [1.82, 2.24) is 0 Å². The number of carbonyl (C=O) groups excluding carboxylic acids is 1. The van der Waals surface area contributed by atoms with Crippen molar-refractivity contribution >= 4 is 22.2 Å². The molecule has 1 unspecified atom stereocenters. The SMILES string of the molecule is CCCC(C=O)c1ccc(Br)cc1. The predicted molar refractivity (Wildman–Crippen MR) is 57.9 cm³/mol. The molecular formula is C11H13BrO. The second-order valence-electron chi connectivity index (χ2n) is 3.08. The first-order valence-electron chi connectivity index (χ1n) is 4.48. The first kappa shape index (κ1) is 10.5. The van der Waals surface area contributed by atoms with Gasteiger partial charge in [-0.1, -0.05) is 41.4 Å². The molecule has 2 heteroatoms. The molecule has 1 aromatic carbocycles. The van der Waals surface area contributed by atoms with Crippen LogP contribution in [0, 0.1) is 0 Å². The van der Waals surface area contributed by atoms with E-state index in [0.717, 1.165) is 29.2 Å². The van der Waals surface area contributed by atoms with Crippen molar-refractivity contribution in [1.29, 1.82) is 0 Å². The minimum atomic E-state index is 0.0677. The number of benzene rings is 1. The summed E-state index contributed by atoms with van der Waals surface area (Å²) in [6.45, 7) is 2.09. The van der Waals surface area contributed by atoms with Crippen LogP contribution in [-0.4, -0.2) is 6.29 Å². The number of halogens is 1. The summed E-state index contributed by atoms with van der Waals surface area (Å²) in [5.41, 5.74) is 1.11. The van der Waals surface area contributed by atoms with Crippen LogP contribution in [0.15, 0.2) is 28.7 Å². The summed E-state index contributed by atoms with van der Waals surface area (Å²) in [4.78, 5) is 10.8. The van der Waals surface area contributed by atoms with Crippen molar-refractivity contribution in [2.24, 2.45) is 0 Å². The Balaban J connectivity index is 2.79. The molecule has 0 aromatic heterocycles. The van der Waals surface area contributed by atoms with E-state index in [-0.39, 0.29) is 5.92 Å². The van der Waals surface area contributed by atoms with Crippen LogP contribution in [0.3, 0.4) is 0 Å². The van der Waals surface area contributed by atoms with Gasteiger partial charge in [-0.25, -0.2) is 0 Å². The number of carbonyl (C=O) groups is 1. The van der Waals surface area contributed by atoms with Crippen molar-refractivity contribution in [3.8, 4) is 0 Å². The summed E-state index contributed by atoms with van der Waals surface area (Å²) in [5.74, 6) is 0.0677. The zero-order valence-electron chi connectivity index (χ0n) is 7.66. The molecule has 0 aliphatic rings. The van der Waals surface area contributed by atoms with Gasteiger partial charge in [0.25, 0.3) is 0 Å². The van der Waals surface area contributed by atoms with Crippen LogP contribution in [0.1, 0.15) is 31.2 Å². The molecule has 0 heterocycles. The zero-order valence-corrected chi connectivity index (χ0v) is 9.25. The van der Waals surface area contributed by atoms with Gasteiger partial charge in [0, 0.05) is 10.4 Å². The van der Waals surface area contributed by atoms with Crippen LogP contribution in [-0.2, 0) is 4.79 Å². The highest BCUT2D eigenvalue weighted by molar-refractivity contribution is 9.10. The van der Waals surface area contributed by atoms with E-state index in [2.05, 4.69) is 22.9 Å². The quantitative estimate of drug-likeness (QED) is 0.737. The molecule has 0 spiro atoms. The molecule has 1 atom stereocenters. The van der Waals surface area contributed by atoms with Crippen LogP contribution in [0.5, 0.6) is 0 Å². The third kappa shape index (κ3) is 2.96. The predicted octanol–water partition coefficient (Wildman–Crippen LogP) is 3.53. The lowest BCUT2D eigenvalue weighted by Gasteiger charge is -2.08. The van der Waals surface area contributed by atoms with Crippen LogP contribution < -0.4 is 0 Å². The Bertz CT molecular complexity index is 266. The fourth-order valence-corrected chi connectivity index (χ4v) is 1.60. The minimum absolute atomic E-state index is 0.0677. The summed E-state index contributed by atoms with van der Waals surface area (Å²) >= 11 is 3.37. The van der Waals surface area contributed by atoms with Gasteiger partial charge in [-0.3, -0.25) is 0 Å². The van der Waals surface area contributed by atoms with E-state index in [1.807, 2.05) is 24.3 Å². The topological polar surface area (TPSA) is 17.1 Å². The summed E-state index contributed by atoms with van der Waals surface area (Å²) < 4.78 is 1.05. The summed E-state index contributed by atoms with van der Waals surface area (Å²) in [6.07, 6.45) is 3.01. The molecule has 13 heavy (non-hydrogen) atoms. The van der Waals surface area contributed by atoms with E-state index < -0.39 is 0 Å². The summed E-state index contributed by atoms with van der Waals surface area (Å²) in [5, 5.41) is 0. The van der Waals surface area contributed by atoms with Gasteiger partial charge in [-0.2, -0.15) is 0 Å². The number of rotatable bonds is 4. The van der Waals surface area contributed by atoms with E-state index in [9.17, 15) is 4.79 Å². The Labute approximate surface area is 87.3 Å². The van der Waals surface area contributed by atoms with Crippen LogP contribution in [0.2, 0.25) is 0 Å². The molecule has 0 bridgehead atoms. The lowest BCUT2D eigenvalue weighted by Crippen LogP contribution is -1.99. The highest BCUT2D eigenvalue weighted by atomic mass is 79.9. The normalized spacial score (nSPS) is 12.5. The van der Waals surface area contributed by atoms with Crippen LogP contribution in [0.25, 0.3) is 0 Å². The molecular weight excluding hydrogens is 228 g/mol. The van der Waals surface area contributed by atoms with Gasteiger partial charge >= 0.3 is 0 Å². The maximum absolute atomic E-state index is 10.8. The van der Waals surface area contributed by atoms with Crippen molar-refractivity contribution in [3.05, 3.63) is 34.3 Å². The maximum atomic E-state index is 10.8.